The minimum absolute atomic E-state index is 0.118. The van der Waals surface area contributed by atoms with E-state index in [0.717, 1.165) is 11.9 Å². The molecule has 1 atom stereocenters. The van der Waals surface area contributed by atoms with E-state index in [1.54, 1.807) is 6.20 Å². The summed E-state index contributed by atoms with van der Waals surface area (Å²) in [5.74, 6) is -0.442. The molecule has 0 unspecified atom stereocenters. The summed E-state index contributed by atoms with van der Waals surface area (Å²) in [4.78, 5) is 43.7. The number of aromatic amines is 2. The lowest BCUT2D eigenvalue weighted by Gasteiger charge is -2.38. The number of carbonyl (C=O) groups is 1. The van der Waals surface area contributed by atoms with Gasteiger partial charge < -0.3 is 15.4 Å². The van der Waals surface area contributed by atoms with Gasteiger partial charge >= 0.3 is 5.69 Å². The molecule has 2 aromatic rings. The van der Waals surface area contributed by atoms with Crippen molar-refractivity contribution in [1.82, 2.24) is 20.3 Å². The predicted molar refractivity (Wildman–Crippen MR) is 85.6 cm³/mol. The number of H-pyrrole nitrogens is 2. The van der Waals surface area contributed by atoms with Crippen molar-refractivity contribution >= 4 is 5.91 Å². The Labute approximate surface area is 137 Å². The number of nitrogens with one attached hydrogen (secondary N) is 3. The second-order valence-electron chi connectivity index (χ2n) is 5.98. The highest BCUT2D eigenvalue weighted by Gasteiger charge is 2.35. The van der Waals surface area contributed by atoms with Gasteiger partial charge in [-0.2, -0.15) is 0 Å². The fourth-order valence-electron chi connectivity index (χ4n) is 2.86. The van der Waals surface area contributed by atoms with Crippen LogP contribution in [0.2, 0.25) is 0 Å². The van der Waals surface area contributed by atoms with Crippen LogP contribution in [0.4, 0.5) is 0 Å². The van der Waals surface area contributed by atoms with Crippen molar-refractivity contribution in [3.05, 3.63) is 62.7 Å². The first-order valence-electron chi connectivity index (χ1n) is 7.74. The summed E-state index contributed by atoms with van der Waals surface area (Å²) >= 11 is 0. The molecular formula is C16H18N4O4. The number of amides is 1. The van der Waals surface area contributed by atoms with Gasteiger partial charge in [0.25, 0.3) is 11.5 Å². The highest BCUT2D eigenvalue weighted by atomic mass is 16.3. The molecule has 0 spiro atoms. The number of hydrogen-bond acceptors (Lipinski definition) is 5. The lowest BCUT2D eigenvalue weighted by molar-refractivity contribution is 0.0237. The molecule has 0 radical (unpaired) electrons. The molecule has 8 heteroatoms. The summed E-state index contributed by atoms with van der Waals surface area (Å²) in [6.07, 6.45) is 4.13. The second kappa shape index (κ2) is 6.79. The summed E-state index contributed by atoms with van der Waals surface area (Å²) in [5.41, 5.74) is -0.731. The zero-order valence-electron chi connectivity index (χ0n) is 12.9. The molecule has 3 rings (SSSR count). The highest BCUT2D eigenvalue weighted by Crippen LogP contribution is 2.31. The van der Waals surface area contributed by atoms with Gasteiger partial charge in [-0.25, -0.2) is 4.79 Å². The summed E-state index contributed by atoms with van der Waals surface area (Å²) in [5, 5.41) is 12.4. The first kappa shape index (κ1) is 16.1. The van der Waals surface area contributed by atoms with Gasteiger partial charge in [-0.15, -0.1) is 0 Å². The summed E-state index contributed by atoms with van der Waals surface area (Å²) in [6.45, 7) is 0. The monoisotopic (exact) mass is 330 g/mol. The van der Waals surface area contributed by atoms with Gasteiger partial charge in [0.05, 0.1) is 6.10 Å². The molecule has 2 heterocycles. The van der Waals surface area contributed by atoms with E-state index in [2.05, 4.69) is 15.3 Å². The van der Waals surface area contributed by atoms with Crippen LogP contribution in [0.15, 0.2) is 40.2 Å². The van der Waals surface area contributed by atoms with Crippen LogP contribution >= 0.6 is 0 Å². The quantitative estimate of drug-likeness (QED) is 0.591. The summed E-state index contributed by atoms with van der Waals surface area (Å²) < 4.78 is 0. The molecule has 0 saturated heterocycles. The van der Waals surface area contributed by atoms with Crippen LogP contribution in [0.3, 0.4) is 0 Å². The molecule has 0 bridgehead atoms. The Morgan fingerprint density at radius 2 is 2.17 bits per heavy atom. The number of hydrogen-bond donors (Lipinski definition) is 4. The minimum Gasteiger partial charge on any atom is -0.393 e. The van der Waals surface area contributed by atoms with Crippen LogP contribution < -0.4 is 16.6 Å². The number of rotatable bonds is 5. The first-order valence-corrected chi connectivity index (χ1v) is 7.74. The largest absolute Gasteiger partial charge is 0.393 e. The fourth-order valence-corrected chi connectivity index (χ4v) is 2.86. The van der Waals surface area contributed by atoms with Crippen molar-refractivity contribution in [3.63, 3.8) is 0 Å². The molecule has 4 N–H and O–H groups in total. The van der Waals surface area contributed by atoms with Crippen molar-refractivity contribution in [2.45, 2.75) is 31.4 Å². The maximum atomic E-state index is 12.4. The highest BCUT2D eigenvalue weighted by molar-refractivity contribution is 5.93. The maximum Gasteiger partial charge on any atom is 0.325 e. The third-order valence-corrected chi connectivity index (χ3v) is 4.25. The molecule has 1 amide bonds. The van der Waals surface area contributed by atoms with Crippen molar-refractivity contribution in [3.8, 4) is 0 Å². The Balaban J connectivity index is 1.77. The average molecular weight is 330 g/mol. The van der Waals surface area contributed by atoms with Crippen LogP contribution in [0, 0.1) is 5.92 Å². The average Bonchev–Trinajstić information content (AvgIpc) is 2.52. The van der Waals surface area contributed by atoms with E-state index >= 15 is 0 Å². The lowest BCUT2D eigenvalue weighted by atomic mass is 9.76. The molecule has 1 aliphatic rings. The van der Waals surface area contributed by atoms with E-state index in [-0.39, 0.29) is 23.6 Å². The van der Waals surface area contributed by atoms with Crippen LogP contribution in [0.1, 0.15) is 28.9 Å². The van der Waals surface area contributed by atoms with Crippen molar-refractivity contribution < 1.29 is 9.90 Å². The normalized spacial score (nSPS) is 20.9. The third-order valence-electron chi connectivity index (χ3n) is 4.25. The van der Waals surface area contributed by atoms with E-state index in [4.69, 9.17) is 0 Å². The molecular weight excluding hydrogens is 312 g/mol. The van der Waals surface area contributed by atoms with E-state index < -0.39 is 17.2 Å². The molecule has 2 aromatic heterocycles. The molecule has 1 fully saturated rings. The second-order valence-corrected chi connectivity index (χ2v) is 5.98. The van der Waals surface area contributed by atoms with E-state index in [1.165, 1.54) is 0 Å². The fraction of sp³-hybridized carbons (Fsp3) is 0.375. The SMILES string of the molecule is O=C(N[C@H](Cc1ccccn1)C1CC(O)C1)c1c[nH]c(=O)[nH]c1=O. The van der Waals surface area contributed by atoms with Crippen LogP contribution in [0.5, 0.6) is 0 Å². The Hall–Kier alpha value is -2.74. The van der Waals surface area contributed by atoms with Gasteiger partial charge in [0, 0.05) is 30.6 Å². The van der Waals surface area contributed by atoms with Crippen molar-refractivity contribution in [2.24, 2.45) is 5.92 Å². The topological polar surface area (TPSA) is 128 Å². The van der Waals surface area contributed by atoms with Gasteiger partial charge in [0.15, 0.2) is 0 Å². The predicted octanol–water partition coefficient (Wildman–Crippen LogP) is -0.430. The molecule has 126 valence electrons. The van der Waals surface area contributed by atoms with Gasteiger partial charge in [0.2, 0.25) is 0 Å². The van der Waals surface area contributed by atoms with Crippen LogP contribution in [-0.2, 0) is 6.42 Å². The van der Waals surface area contributed by atoms with E-state index in [0.29, 0.717) is 19.3 Å². The first-order chi connectivity index (χ1) is 11.5. The molecule has 8 nitrogen and oxygen atoms in total. The van der Waals surface area contributed by atoms with E-state index in [1.807, 2.05) is 23.2 Å². The van der Waals surface area contributed by atoms with Gasteiger partial charge in [0.1, 0.15) is 5.56 Å². The smallest absolute Gasteiger partial charge is 0.325 e. The molecule has 1 saturated carbocycles. The Kier molecular flexibility index (Phi) is 4.57. The Morgan fingerprint density at radius 3 is 2.79 bits per heavy atom. The third kappa shape index (κ3) is 3.60. The van der Waals surface area contributed by atoms with Crippen molar-refractivity contribution in [1.29, 1.82) is 0 Å². The summed E-state index contributed by atoms with van der Waals surface area (Å²) in [6, 6.07) is 5.29. The molecule has 1 aliphatic carbocycles. The number of aromatic nitrogens is 3. The number of pyridine rings is 1. The van der Waals surface area contributed by atoms with Crippen LogP contribution in [0.25, 0.3) is 0 Å². The van der Waals surface area contributed by atoms with Gasteiger partial charge in [-0.3, -0.25) is 19.6 Å². The van der Waals surface area contributed by atoms with Gasteiger partial charge in [-0.05, 0) is 30.9 Å². The van der Waals surface area contributed by atoms with Gasteiger partial charge in [-0.1, -0.05) is 6.07 Å². The summed E-state index contributed by atoms with van der Waals surface area (Å²) in [7, 11) is 0. The number of aliphatic hydroxyl groups is 1. The lowest BCUT2D eigenvalue weighted by Crippen LogP contribution is -2.49. The zero-order chi connectivity index (χ0) is 17.1. The Bertz CT molecular complexity index is 824. The molecule has 0 aromatic carbocycles. The number of nitrogens with zero attached hydrogens (tertiary/aromatic N) is 1. The standard InChI is InChI=1S/C16H18N4O4/c21-11-5-9(6-11)13(7-10-3-1-2-4-17-10)19-14(22)12-8-18-16(24)20-15(12)23/h1-4,8-9,11,13,21H,5-7H2,(H,19,22)(H2,18,20,23,24)/t9?,11?,13-/m1/s1. The zero-order valence-corrected chi connectivity index (χ0v) is 12.9. The minimum atomic E-state index is -0.735. The van der Waals surface area contributed by atoms with E-state index in [9.17, 15) is 19.5 Å². The molecule has 0 aliphatic heterocycles. The van der Waals surface area contributed by atoms with Crippen molar-refractivity contribution in [2.75, 3.05) is 0 Å². The number of aliphatic hydroxyl groups excluding tert-OH is 1. The Morgan fingerprint density at radius 1 is 1.38 bits per heavy atom. The van der Waals surface area contributed by atoms with Crippen LogP contribution in [-0.4, -0.2) is 38.1 Å². The molecule has 24 heavy (non-hydrogen) atoms. The maximum absolute atomic E-state index is 12.4. The number of carbonyl (C=O) groups excluding carboxylic acids is 1.